The van der Waals surface area contributed by atoms with E-state index in [1.54, 1.807) is 43.3 Å². The molecule has 0 heterocycles. The summed E-state index contributed by atoms with van der Waals surface area (Å²) in [4.78, 5) is 22.9. The number of aryl methyl sites for hydroxylation is 1. The van der Waals surface area contributed by atoms with Crippen LogP contribution in [0, 0.1) is 17.0 Å². The van der Waals surface area contributed by atoms with Crippen molar-refractivity contribution in [1.29, 1.82) is 0 Å². The molecule has 0 fully saturated rings. The zero-order chi connectivity index (χ0) is 20.5. The molecule has 0 aromatic heterocycles. The maximum absolute atomic E-state index is 12.4. The van der Waals surface area contributed by atoms with Gasteiger partial charge in [-0.15, -0.1) is 0 Å². The van der Waals surface area contributed by atoms with E-state index in [0.717, 1.165) is 0 Å². The third-order valence-corrected chi connectivity index (χ3v) is 3.89. The van der Waals surface area contributed by atoms with Gasteiger partial charge in [0, 0.05) is 29.5 Å². The SMILES string of the molecule is CCOCCOc1cccc(C(=O)NC(=S)Nc2ccc(C)c([N+](=O)[O-])c2)c1. The second kappa shape index (κ2) is 10.3. The molecule has 1 amide bonds. The molecule has 148 valence electrons. The molecule has 0 spiro atoms. The van der Waals surface area contributed by atoms with Crippen molar-refractivity contribution < 1.29 is 19.2 Å². The lowest BCUT2D eigenvalue weighted by Gasteiger charge is -2.11. The fourth-order valence-electron chi connectivity index (χ4n) is 2.31. The highest BCUT2D eigenvalue weighted by Crippen LogP contribution is 2.22. The Bertz CT molecular complexity index is 872. The Labute approximate surface area is 168 Å². The number of rotatable bonds is 8. The molecule has 28 heavy (non-hydrogen) atoms. The van der Waals surface area contributed by atoms with Crippen molar-refractivity contribution in [2.75, 3.05) is 25.1 Å². The zero-order valence-electron chi connectivity index (χ0n) is 15.6. The van der Waals surface area contributed by atoms with E-state index < -0.39 is 10.8 Å². The minimum absolute atomic E-state index is 0.0315. The minimum atomic E-state index is -0.473. The van der Waals surface area contributed by atoms with Gasteiger partial charge in [0.15, 0.2) is 5.11 Å². The molecular formula is C19H21N3O5S. The number of carbonyl (C=O) groups excluding carboxylic acids is 1. The van der Waals surface area contributed by atoms with Gasteiger partial charge in [-0.25, -0.2) is 0 Å². The number of nitro groups is 1. The van der Waals surface area contributed by atoms with Crippen LogP contribution in [0.2, 0.25) is 0 Å². The summed E-state index contributed by atoms with van der Waals surface area (Å²) in [5.41, 5.74) is 1.28. The van der Waals surface area contributed by atoms with Gasteiger partial charge < -0.3 is 14.8 Å². The lowest BCUT2D eigenvalue weighted by molar-refractivity contribution is -0.385. The van der Waals surface area contributed by atoms with Crippen LogP contribution in [-0.4, -0.2) is 35.8 Å². The number of thiocarbonyl (C=S) groups is 1. The molecule has 9 heteroatoms. The molecule has 0 unspecified atom stereocenters. The van der Waals surface area contributed by atoms with Gasteiger partial charge in [-0.3, -0.25) is 20.2 Å². The van der Waals surface area contributed by atoms with Gasteiger partial charge in [-0.1, -0.05) is 12.1 Å². The van der Waals surface area contributed by atoms with Crippen molar-refractivity contribution in [2.24, 2.45) is 0 Å². The van der Waals surface area contributed by atoms with E-state index in [-0.39, 0.29) is 10.8 Å². The van der Waals surface area contributed by atoms with Crippen LogP contribution in [0.3, 0.4) is 0 Å². The van der Waals surface area contributed by atoms with Crippen LogP contribution < -0.4 is 15.4 Å². The largest absolute Gasteiger partial charge is 0.491 e. The number of amides is 1. The van der Waals surface area contributed by atoms with E-state index in [0.29, 0.717) is 42.4 Å². The Balaban J connectivity index is 1.96. The van der Waals surface area contributed by atoms with E-state index in [1.807, 2.05) is 6.92 Å². The smallest absolute Gasteiger partial charge is 0.274 e. The normalized spacial score (nSPS) is 10.2. The molecule has 0 aliphatic rings. The molecule has 0 saturated heterocycles. The summed E-state index contributed by atoms with van der Waals surface area (Å²) >= 11 is 5.13. The Hall–Kier alpha value is -3.04. The lowest BCUT2D eigenvalue weighted by atomic mass is 10.2. The van der Waals surface area contributed by atoms with Gasteiger partial charge in [0.25, 0.3) is 11.6 Å². The number of ether oxygens (including phenoxy) is 2. The van der Waals surface area contributed by atoms with Crippen molar-refractivity contribution in [1.82, 2.24) is 5.32 Å². The molecule has 2 N–H and O–H groups in total. The first-order valence-electron chi connectivity index (χ1n) is 8.58. The van der Waals surface area contributed by atoms with Crippen LogP contribution in [0.4, 0.5) is 11.4 Å². The highest BCUT2D eigenvalue weighted by molar-refractivity contribution is 7.80. The van der Waals surface area contributed by atoms with Gasteiger partial charge in [-0.2, -0.15) is 0 Å². The summed E-state index contributed by atoms with van der Waals surface area (Å²) in [7, 11) is 0. The topological polar surface area (TPSA) is 103 Å². The van der Waals surface area contributed by atoms with Crippen LogP contribution in [0.15, 0.2) is 42.5 Å². The summed E-state index contributed by atoms with van der Waals surface area (Å²) in [5.74, 6) is 0.120. The van der Waals surface area contributed by atoms with Crippen LogP contribution in [0.5, 0.6) is 5.75 Å². The van der Waals surface area contributed by atoms with E-state index in [4.69, 9.17) is 21.7 Å². The van der Waals surface area contributed by atoms with E-state index in [1.165, 1.54) is 6.07 Å². The Kier molecular flexibility index (Phi) is 7.85. The maximum Gasteiger partial charge on any atom is 0.274 e. The zero-order valence-corrected chi connectivity index (χ0v) is 16.4. The Morgan fingerprint density at radius 2 is 2.00 bits per heavy atom. The monoisotopic (exact) mass is 403 g/mol. The van der Waals surface area contributed by atoms with E-state index in [9.17, 15) is 14.9 Å². The van der Waals surface area contributed by atoms with Crippen molar-refractivity contribution in [3.63, 3.8) is 0 Å². The molecule has 0 radical (unpaired) electrons. The first kappa shape index (κ1) is 21.3. The van der Waals surface area contributed by atoms with E-state index >= 15 is 0 Å². The molecule has 2 aromatic rings. The fraction of sp³-hybridized carbons (Fsp3) is 0.263. The summed E-state index contributed by atoms with van der Waals surface area (Å²) in [6, 6.07) is 11.3. The second-order valence-corrected chi connectivity index (χ2v) is 6.15. The number of carbonyl (C=O) groups is 1. The first-order valence-corrected chi connectivity index (χ1v) is 8.99. The van der Waals surface area contributed by atoms with Crippen molar-refractivity contribution >= 4 is 34.6 Å². The maximum atomic E-state index is 12.4. The summed E-state index contributed by atoms with van der Waals surface area (Å²) < 4.78 is 10.7. The number of hydrogen-bond donors (Lipinski definition) is 2. The Morgan fingerprint density at radius 3 is 2.71 bits per heavy atom. The quantitative estimate of drug-likeness (QED) is 0.301. The molecule has 0 bridgehead atoms. The molecular weight excluding hydrogens is 382 g/mol. The summed E-state index contributed by atoms with van der Waals surface area (Å²) in [5, 5.41) is 16.4. The first-order chi connectivity index (χ1) is 13.4. The number of nitrogens with zero attached hydrogens (tertiary/aromatic N) is 1. The average molecular weight is 403 g/mol. The average Bonchev–Trinajstić information content (AvgIpc) is 2.66. The van der Waals surface area contributed by atoms with Crippen molar-refractivity contribution in [3.05, 3.63) is 63.7 Å². The predicted molar refractivity (Wildman–Crippen MR) is 110 cm³/mol. The Morgan fingerprint density at radius 1 is 1.21 bits per heavy atom. The third-order valence-electron chi connectivity index (χ3n) is 3.69. The number of anilines is 1. The highest BCUT2D eigenvalue weighted by atomic mass is 32.1. The molecule has 2 aromatic carbocycles. The fourth-order valence-corrected chi connectivity index (χ4v) is 2.52. The van der Waals surface area contributed by atoms with Gasteiger partial charge in [0.1, 0.15) is 12.4 Å². The molecule has 8 nitrogen and oxygen atoms in total. The number of hydrogen-bond acceptors (Lipinski definition) is 6. The van der Waals surface area contributed by atoms with Gasteiger partial charge >= 0.3 is 0 Å². The lowest BCUT2D eigenvalue weighted by Crippen LogP contribution is -2.34. The molecule has 0 atom stereocenters. The van der Waals surface area contributed by atoms with Crippen molar-refractivity contribution in [2.45, 2.75) is 13.8 Å². The van der Waals surface area contributed by atoms with Crippen LogP contribution >= 0.6 is 12.2 Å². The van der Waals surface area contributed by atoms with Crippen LogP contribution in [0.25, 0.3) is 0 Å². The van der Waals surface area contributed by atoms with E-state index in [2.05, 4.69) is 10.6 Å². The summed E-state index contributed by atoms with van der Waals surface area (Å²) in [6.07, 6.45) is 0. The number of nitrogens with one attached hydrogen (secondary N) is 2. The highest BCUT2D eigenvalue weighted by Gasteiger charge is 2.13. The predicted octanol–water partition coefficient (Wildman–Crippen LogP) is 3.45. The van der Waals surface area contributed by atoms with Gasteiger partial charge in [0.05, 0.1) is 11.5 Å². The minimum Gasteiger partial charge on any atom is -0.491 e. The second-order valence-electron chi connectivity index (χ2n) is 5.74. The van der Waals surface area contributed by atoms with Crippen molar-refractivity contribution in [3.8, 4) is 5.75 Å². The van der Waals surface area contributed by atoms with Crippen LogP contribution in [0.1, 0.15) is 22.8 Å². The molecule has 0 saturated carbocycles. The van der Waals surface area contributed by atoms with Gasteiger partial charge in [0.2, 0.25) is 0 Å². The molecule has 0 aliphatic heterocycles. The third kappa shape index (κ3) is 6.29. The summed E-state index contributed by atoms with van der Waals surface area (Å²) in [6.45, 7) is 5.00. The van der Waals surface area contributed by atoms with Crippen LogP contribution in [-0.2, 0) is 4.74 Å². The molecule has 2 rings (SSSR count). The van der Waals surface area contributed by atoms with Gasteiger partial charge in [-0.05, 0) is 50.3 Å². The number of benzene rings is 2. The molecule has 0 aliphatic carbocycles. The number of nitro benzene ring substituents is 1. The standard InChI is InChI=1S/C19H21N3O5S/c1-3-26-9-10-27-16-6-4-5-14(11-16)18(23)21-19(28)20-15-8-7-13(2)17(12-15)22(24)25/h4-8,11-12H,3,9-10H2,1-2H3,(H2,20,21,23,28).